The summed E-state index contributed by atoms with van der Waals surface area (Å²) in [6.45, 7) is 4.38. The van der Waals surface area contributed by atoms with Gasteiger partial charge >= 0.3 is 6.18 Å². The van der Waals surface area contributed by atoms with Crippen molar-refractivity contribution < 1.29 is 13.2 Å². The smallest absolute Gasteiger partial charge is 0.166 e. The Morgan fingerprint density at radius 2 is 1.80 bits per heavy atom. The Labute approximate surface area is 174 Å². The average Bonchev–Trinajstić information content (AvgIpc) is 2.73. The van der Waals surface area contributed by atoms with Gasteiger partial charge in [0.25, 0.3) is 0 Å². The zero-order chi connectivity index (χ0) is 21.0. The Bertz CT molecular complexity index is 1250. The SMILES string of the molecule is CC1=Cc2ccc3c(c2=CC1C)=CCC1=C3C=C[C@@H](c2ccccc2C(F)(F)F)C1. The molecule has 0 saturated carbocycles. The van der Waals surface area contributed by atoms with Crippen molar-refractivity contribution in [2.24, 2.45) is 5.92 Å². The summed E-state index contributed by atoms with van der Waals surface area (Å²) in [5.41, 5.74) is 6.06. The topological polar surface area (TPSA) is 0 Å². The summed E-state index contributed by atoms with van der Waals surface area (Å²) in [6, 6.07) is 10.3. The third-order valence-corrected chi connectivity index (χ3v) is 6.69. The van der Waals surface area contributed by atoms with Gasteiger partial charge in [-0.15, -0.1) is 0 Å². The van der Waals surface area contributed by atoms with Crippen LogP contribution in [0.25, 0.3) is 23.8 Å². The summed E-state index contributed by atoms with van der Waals surface area (Å²) in [4.78, 5) is 0. The van der Waals surface area contributed by atoms with Gasteiger partial charge in [0, 0.05) is 5.92 Å². The van der Waals surface area contributed by atoms with E-state index < -0.39 is 11.7 Å². The molecule has 5 rings (SSSR count). The number of halogens is 3. The number of fused-ring (bicyclic) bond motifs is 4. The molecular formula is C27H23F3. The molecular weight excluding hydrogens is 381 g/mol. The fourth-order valence-electron chi connectivity index (χ4n) is 4.94. The Morgan fingerprint density at radius 3 is 2.60 bits per heavy atom. The van der Waals surface area contributed by atoms with E-state index in [0.717, 1.165) is 6.42 Å². The van der Waals surface area contributed by atoms with E-state index in [4.69, 9.17) is 0 Å². The average molecular weight is 404 g/mol. The minimum absolute atomic E-state index is 0.244. The number of allylic oxidation sites excluding steroid dienone is 5. The van der Waals surface area contributed by atoms with Crippen LogP contribution in [-0.4, -0.2) is 0 Å². The van der Waals surface area contributed by atoms with Gasteiger partial charge in [0.2, 0.25) is 0 Å². The molecule has 0 bridgehead atoms. The van der Waals surface area contributed by atoms with Crippen molar-refractivity contribution in [1.82, 2.24) is 0 Å². The van der Waals surface area contributed by atoms with Crippen LogP contribution in [-0.2, 0) is 6.18 Å². The van der Waals surface area contributed by atoms with Crippen molar-refractivity contribution in [3.63, 3.8) is 0 Å². The Hall–Kier alpha value is -2.81. The molecule has 3 aliphatic rings. The summed E-state index contributed by atoms with van der Waals surface area (Å²) < 4.78 is 40.5. The molecule has 0 spiro atoms. The van der Waals surface area contributed by atoms with Crippen molar-refractivity contribution in [2.45, 2.75) is 38.8 Å². The van der Waals surface area contributed by atoms with E-state index in [2.05, 4.69) is 44.2 Å². The van der Waals surface area contributed by atoms with Crippen molar-refractivity contribution in [3.8, 4) is 0 Å². The number of hydrogen-bond donors (Lipinski definition) is 0. The van der Waals surface area contributed by atoms with Gasteiger partial charge in [-0.2, -0.15) is 13.2 Å². The predicted octanol–water partition coefficient (Wildman–Crippen LogP) is 6.22. The lowest BCUT2D eigenvalue weighted by Gasteiger charge is -2.27. The minimum Gasteiger partial charge on any atom is -0.166 e. The highest BCUT2D eigenvalue weighted by Gasteiger charge is 2.35. The second kappa shape index (κ2) is 6.87. The molecule has 3 aliphatic carbocycles. The normalized spacial score (nSPS) is 22.4. The van der Waals surface area contributed by atoms with E-state index in [1.54, 1.807) is 12.1 Å². The van der Waals surface area contributed by atoms with Crippen molar-refractivity contribution >= 4 is 23.8 Å². The summed E-state index contributed by atoms with van der Waals surface area (Å²) >= 11 is 0. The Morgan fingerprint density at radius 1 is 1.00 bits per heavy atom. The largest absolute Gasteiger partial charge is 0.416 e. The van der Waals surface area contributed by atoms with Gasteiger partial charge in [0.05, 0.1) is 5.56 Å². The van der Waals surface area contributed by atoms with E-state index in [1.165, 1.54) is 50.4 Å². The predicted molar refractivity (Wildman–Crippen MR) is 117 cm³/mol. The molecule has 2 aromatic rings. The van der Waals surface area contributed by atoms with Gasteiger partial charge in [-0.3, -0.25) is 0 Å². The standard InChI is InChI=1S/C27H23F3/c1-16-13-18-8-11-23-21-10-7-20(22-5-3-4-6-26(22)27(28,29)30)15-19(21)9-12-24(23)25(18)14-17(16)2/h3-8,10-14,17,20H,9,15H2,1-2H3/t17?,20-/m1/s1. The number of alkyl halides is 3. The van der Waals surface area contributed by atoms with Crippen LogP contribution >= 0.6 is 0 Å². The van der Waals surface area contributed by atoms with Crippen LogP contribution in [0.15, 0.2) is 59.7 Å². The van der Waals surface area contributed by atoms with E-state index in [1.807, 2.05) is 12.2 Å². The summed E-state index contributed by atoms with van der Waals surface area (Å²) in [5, 5.41) is 2.55. The Kier molecular flexibility index (Phi) is 4.39. The van der Waals surface area contributed by atoms with Crippen molar-refractivity contribution in [1.29, 1.82) is 0 Å². The quantitative estimate of drug-likeness (QED) is 0.529. The summed E-state index contributed by atoms with van der Waals surface area (Å²) in [6.07, 6.45) is 7.94. The van der Waals surface area contributed by atoms with Crippen LogP contribution in [0.1, 0.15) is 54.9 Å². The maximum atomic E-state index is 13.5. The first-order valence-electron chi connectivity index (χ1n) is 10.4. The number of benzene rings is 2. The van der Waals surface area contributed by atoms with E-state index >= 15 is 0 Å². The van der Waals surface area contributed by atoms with Gasteiger partial charge in [0.15, 0.2) is 0 Å². The fourth-order valence-corrected chi connectivity index (χ4v) is 4.94. The van der Waals surface area contributed by atoms with E-state index in [0.29, 0.717) is 17.9 Å². The Balaban J connectivity index is 1.55. The van der Waals surface area contributed by atoms with Gasteiger partial charge in [0.1, 0.15) is 0 Å². The fraction of sp³-hybridized carbons (Fsp3) is 0.259. The molecule has 0 nitrogen and oxygen atoms in total. The van der Waals surface area contributed by atoms with Crippen LogP contribution in [0.5, 0.6) is 0 Å². The van der Waals surface area contributed by atoms with Crippen LogP contribution < -0.4 is 10.4 Å². The molecule has 2 aromatic carbocycles. The molecule has 3 heteroatoms. The highest BCUT2D eigenvalue weighted by molar-refractivity contribution is 5.83. The van der Waals surface area contributed by atoms with E-state index in [-0.39, 0.29) is 5.92 Å². The molecule has 0 aliphatic heterocycles. The molecule has 0 saturated heterocycles. The lowest BCUT2D eigenvalue weighted by Crippen LogP contribution is -2.35. The van der Waals surface area contributed by atoms with Gasteiger partial charge in [-0.25, -0.2) is 0 Å². The second-order valence-corrected chi connectivity index (χ2v) is 8.55. The lowest BCUT2D eigenvalue weighted by molar-refractivity contribution is -0.138. The molecule has 0 radical (unpaired) electrons. The first kappa shape index (κ1) is 19.2. The highest BCUT2D eigenvalue weighted by atomic mass is 19.4. The molecule has 0 N–H and O–H groups in total. The summed E-state index contributed by atoms with van der Waals surface area (Å²) in [5.74, 6) is 0.171. The first-order valence-corrected chi connectivity index (χ1v) is 10.4. The molecule has 1 unspecified atom stereocenters. The van der Waals surface area contributed by atoms with Crippen LogP contribution in [0.2, 0.25) is 0 Å². The zero-order valence-electron chi connectivity index (χ0n) is 17.1. The van der Waals surface area contributed by atoms with Crippen LogP contribution in [0.4, 0.5) is 13.2 Å². The van der Waals surface area contributed by atoms with E-state index in [9.17, 15) is 13.2 Å². The third kappa shape index (κ3) is 3.08. The molecule has 2 atom stereocenters. The number of hydrogen-bond acceptors (Lipinski definition) is 0. The van der Waals surface area contributed by atoms with Crippen LogP contribution in [0.3, 0.4) is 0 Å². The molecule has 0 fully saturated rings. The van der Waals surface area contributed by atoms with Gasteiger partial charge < -0.3 is 0 Å². The first-order chi connectivity index (χ1) is 14.3. The monoisotopic (exact) mass is 404 g/mol. The maximum absolute atomic E-state index is 13.5. The molecule has 152 valence electrons. The second-order valence-electron chi connectivity index (χ2n) is 8.55. The molecule has 30 heavy (non-hydrogen) atoms. The van der Waals surface area contributed by atoms with Gasteiger partial charge in [-0.1, -0.05) is 78.8 Å². The highest BCUT2D eigenvalue weighted by Crippen LogP contribution is 2.42. The zero-order valence-corrected chi connectivity index (χ0v) is 17.1. The lowest BCUT2D eigenvalue weighted by atomic mass is 9.77. The number of rotatable bonds is 1. The van der Waals surface area contributed by atoms with Crippen molar-refractivity contribution in [3.05, 3.63) is 92.4 Å². The molecule has 0 amide bonds. The van der Waals surface area contributed by atoms with Crippen LogP contribution in [0, 0.1) is 5.92 Å². The molecule has 0 aromatic heterocycles. The maximum Gasteiger partial charge on any atom is 0.416 e. The van der Waals surface area contributed by atoms with Crippen molar-refractivity contribution in [2.75, 3.05) is 0 Å². The molecule has 0 heterocycles. The van der Waals surface area contributed by atoms with Gasteiger partial charge in [-0.05, 0) is 64.5 Å². The minimum atomic E-state index is -4.33. The third-order valence-electron chi connectivity index (χ3n) is 6.69. The summed E-state index contributed by atoms with van der Waals surface area (Å²) in [7, 11) is 0.